The van der Waals surface area contributed by atoms with Crippen molar-refractivity contribution in [3.05, 3.63) is 0 Å². The summed E-state index contributed by atoms with van der Waals surface area (Å²) in [5.74, 6) is -2.52. The molecule has 0 fully saturated rings. The number of carbonyl (C=O) groups is 5. The van der Waals surface area contributed by atoms with E-state index in [1.165, 1.54) is 285 Å². The molecule has 472 valence electrons. The molecule has 80 heavy (non-hydrogen) atoms. The van der Waals surface area contributed by atoms with Crippen molar-refractivity contribution in [2.24, 2.45) is 10.8 Å². The Bertz CT molecular complexity index is 1150. The van der Waals surface area contributed by atoms with Crippen LogP contribution >= 0.6 is 0 Å². The van der Waals surface area contributed by atoms with E-state index in [4.69, 9.17) is 3.32 Å². The fraction of sp³-hybridized carbons (Fsp3) is 0.930. The maximum absolute atomic E-state index is 12.4. The molecule has 0 aliphatic heterocycles. The standard InChI is InChI=1S/2C34H66O3.C3H6O.O.Ti/c2*1-4-6-8-10-12-14-16-18-20-22-24-26-28-30-34(32(3)35,33(36)37)31-29-27-25-23-21-19-17-15-13-11-9-7-5-2;1-3(2)4;;/h2*4-31H2,1-3H3,(H,36,37);1-2H3;;/q;;;;+2/p-2. The van der Waals surface area contributed by atoms with Gasteiger partial charge in [-0.05, 0) is 53.4 Å². The molecule has 0 spiro atoms. The first-order chi connectivity index (χ1) is 38.7. The summed E-state index contributed by atoms with van der Waals surface area (Å²) >= 11 is 0.750. The fourth-order valence-electron chi connectivity index (χ4n) is 11.4. The average molecular weight is 1170 g/mol. The van der Waals surface area contributed by atoms with Crippen LogP contribution in [0.1, 0.15) is 415 Å². The van der Waals surface area contributed by atoms with Crippen LogP contribution in [0.2, 0.25) is 0 Å². The Labute approximate surface area is 510 Å². The summed E-state index contributed by atoms with van der Waals surface area (Å²) in [6.45, 7) is 15.0. The van der Waals surface area contributed by atoms with E-state index in [0.717, 1.165) is 97.5 Å². The molecule has 0 unspecified atom stereocenters. The first-order valence-electron chi connectivity index (χ1n) is 34.9. The zero-order valence-electron chi connectivity index (χ0n) is 54.9. The van der Waals surface area contributed by atoms with E-state index in [1.54, 1.807) is 0 Å². The van der Waals surface area contributed by atoms with Crippen LogP contribution < -0.4 is 10.2 Å². The number of carboxylic acid groups (broad SMARTS) is 2. The van der Waals surface area contributed by atoms with Gasteiger partial charge >= 0.3 is 23.7 Å². The normalized spacial score (nSPS) is 11.3. The molecule has 0 bridgehead atoms. The summed E-state index contributed by atoms with van der Waals surface area (Å²) in [6.07, 6.45) is 67.5. The number of carboxylic acids is 2. The second-order valence-corrected chi connectivity index (χ2v) is 24.7. The van der Waals surface area contributed by atoms with Gasteiger partial charge in [0.05, 0.1) is 22.8 Å². The van der Waals surface area contributed by atoms with Gasteiger partial charge < -0.3 is 24.6 Å². The quantitative estimate of drug-likeness (QED) is 0.0332. The molecule has 0 aromatic heterocycles. The Morgan fingerprint density at radius 2 is 0.338 bits per heavy atom. The van der Waals surface area contributed by atoms with Gasteiger partial charge in [0.15, 0.2) is 0 Å². The molecule has 0 aliphatic carbocycles. The average Bonchev–Trinajstić information content (AvgIpc) is 3.42. The summed E-state index contributed by atoms with van der Waals surface area (Å²) in [6, 6.07) is 0. The molecule has 0 heterocycles. The number of Topliss-reactive ketones (excluding diaryl/α,β-unsaturated/α-hetero) is 3. The van der Waals surface area contributed by atoms with Gasteiger partial charge in [-0.2, -0.15) is 0 Å². The van der Waals surface area contributed by atoms with E-state index in [0.29, 0.717) is 25.7 Å². The van der Waals surface area contributed by atoms with E-state index < -0.39 is 22.8 Å². The maximum atomic E-state index is 12.4. The number of unbranched alkanes of at least 4 members (excludes halogenated alkanes) is 48. The number of hydrogen-bond donors (Lipinski definition) is 0. The molecule has 0 saturated carbocycles. The van der Waals surface area contributed by atoms with Crippen LogP contribution in [0.15, 0.2) is 0 Å². The first kappa shape index (κ1) is 84.9. The van der Waals surface area contributed by atoms with E-state index in [9.17, 15) is 34.2 Å². The molecule has 0 saturated heterocycles. The van der Waals surface area contributed by atoms with Crippen molar-refractivity contribution < 1.29 is 57.9 Å². The van der Waals surface area contributed by atoms with E-state index in [1.807, 2.05) is 0 Å². The van der Waals surface area contributed by atoms with Crippen LogP contribution in [-0.2, 0) is 47.7 Å². The van der Waals surface area contributed by atoms with Crippen LogP contribution in [-0.4, -0.2) is 29.3 Å². The number of aliphatic carboxylic acids is 2. The third-order valence-electron chi connectivity index (χ3n) is 17.0. The van der Waals surface area contributed by atoms with Gasteiger partial charge in [0.25, 0.3) is 0 Å². The van der Waals surface area contributed by atoms with Gasteiger partial charge in [-0.15, -0.1) is 0 Å². The molecule has 0 aromatic rings. The fourth-order valence-corrected chi connectivity index (χ4v) is 11.4. The zero-order valence-corrected chi connectivity index (χ0v) is 56.4. The van der Waals surface area contributed by atoms with Crippen LogP contribution in [0.4, 0.5) is 0 Å². The van der Waals surface area contributed by atoms with Crippen LogP contribution in [0.25, 0.3) is 0 Å². The number of rotatable bonds is 60. The van der Waals surface area contributed by atoms with Crippen molar-refractivity contribution in [3.63, 3.8) is 0 Å². The third kappa shape index (κ3) is 58.2. The van der Waals surface area contributed by atoms with Crippen LogP contribution in [0, 0.1) is 10.8 Å². The van der Waals surface area contributed by atoms with Crippen LogP contribution in [0.3, 0.4) is 0 Å². The zero-order chi connectivity index (χ0) is 60.5. The molecule has 8 nitrogen and oxygen atoms in total. The monoisotopic (exact) mass is 1160 g/mol. The second kappa shape index (κ2) is 68.2. The molecule has 0 aliphatic rings. The topological polar surface area (TPSA) is 149 Å². The number of ketones is 3. The Hall–Kier alpha value is -1.54. The molecule has 0 amide bonds. The predicted octanol–water partition coefficient (Wildman–Crippen LogP) is 21.0. The van der Waals surface area contributed by atoms with Gasteiger partial charge in [0, 0.05) is 0 Å². The first-order valence-corrected chi connectivity index (χ1v) is 35.5. The Morgan fingerprint density at radius 1 is 0.237 bits per heavy atom. The number of hydrogen-bond acceptors (Lipinski definition) is 8. The summed E-state index contributed by atoms with van der Waals surface area (Å²) in [5, 5.41) is 24.1. The molecule has 0 radical (unpaired) electrons. The minimum atomic E-state index is -1.25. The van der Waals surface area contributed by atoms with Gasteiger partial charge in [-0.25, -0.2) is 0 Å². The Kier molecular flexibility index (Phi) is 72.4. The van der Waals surface area contributed by atoms with Crippen molar-refractivity contribution in [1.29, 1.82) is 0 Å². The molecule has 9 heteroatoms. The van der Waals surface area contributed by atoms with Gasteiger partial charge in [-0.1, -0.05) is 362 Å². The number of carbonyl (C=O) groups excluding carboxylic acids is 5. The van der Waals surface area contributed by atoms with Gasteiger partial charge in [0.1, 0.15) is 17.3 Å². The van der Waals surface area contributed by atoms with Gasteiger partial charge in [0.2, 0.25) is 0 Å². The van der Waals surface area contributed by atoms with E-state index in [-0.39, 0.29) is 17.3 Å². The molecule has 0 N–H and O–H groups in total. The Morgan fingerprint density at radius 3 is 0.425 bits per heavy atom. The van der Waals surface area contributed by atoms with Gasteiger partial charge in [-0.3, -0.25) is 9.59 Å². The van der Waals surface area contributed by atoms with Crippen LogP contribution in [0.5, 0.6) is 0 Å². The molecule has 0 aromatic carbocycles. The minimum absolute atomic E-state index is 0.167. The molecule has 0 atom stereocenters. The SMILES string of the molecule is CC(C)=O.CCCCCCCCCCCCCCCC(CCCCCCCCCCCCCCC)(C(C)=O)C(=O)[O-].CCCCCCCCCCCCCCCC(CCCCCCCCCCCCCCC)(C(C)=O)C(=O)[O-].[O]=[Ti+2]. The Balaban J connectivity index is -0.000000656. The van der Waals surface area contributed by atoms with Crippen molar-refractivity contribution >= 4 is 29.3 Å². The molecule has 0 rings (SSSR count). The second-order valence-electron chi connectivity index (χ2n) is 24.7. The van der Waals surface area contributed by atoms with E-state index >= 15 is 0 Å². The van der Waals surface area contributed by atoms with Crippen molar-refractivity contribution in [1.82, 2.24) is 0 Å². The van der Waals surface area contributed by atoms with Crippen molar-refractivity contribution in [3.8, 4) is 0 Å². The summed E-state index contributed by atoms with van der Waals surface area (Å²) < 4.78 is 8.25. The van der Waals surface area contributed by atoms with E-state index in [2.05, 4.69) is 27.7 Å². The summed E-state index contributed by atoms with van der Waals surface area (Å²) in [4.78, 5) is 58.3. The predicted molar refractivity (Wildman–Crippen MR) is 335 cm³/mol. The molecular formula is C71H136O8Ti. The summed E-state index contributed by atoms with van der Waals surface area (Å²) in [5.41, 5.74) is -2.51. The third-order valence-corrected chi connectivity index (χ3v) is 17.0. The van der Waals surface area contributed by atoms with Crippen molar-refractivity contribution in [2.75, 3.05) is 0 Å². The molecular weight excluding hydrogens is 1030 g/mol. The van der Waals surface area contributed by atoms with Crippen molar-refractivity contribution in [2.45, 2.75) is 415 Å². The summed E-state index contributed by atoms with van der Waals surface area (Å²) in [7, 11) is 0.